The van der Waals surface area contributed by atoms with E-state index in [1.165, 1.54) is 15.6 Å². The summed E-state index contributed by atoms with van der Waals surface area (Å²) in [6, 6.07) is 3.45. The van der Waals surface area contributed by atoms with Crippen LogP contribution in [-0.4, -0.2) is 31.2 Å². The van der Waals surface area contributed by atoms with Crippen molar-refractivity contribution in [2.24, 2.45) is 0 Å². The molecule has 0 aliphatic heterocycles. The number of sulfonamides is 1. The molecular formula is C11H18ClNO2S2. The topological polar surface area (TPSA) is 37.4 Å². The van der Waals surface area contributed by atoms with Crippen molar-refractivity contribution in [3.8, 4) is 0 Å². The molecule has 98 valence electrons. The minimum Gasteiger partial charge on any atom is -0.206 e. The molecule has 0 amide bonds. The second-order valence-corrected chi connectivity index (χ2v) is 7.90. The van der Waals surface area contributed by atoms with Crippen LogP contribution in [0.4, 0.5) is 0 Å². The zero-order valence-electron chi connectivity index (χ0n) is 10.3. The summed E-state index contributed by atoms with van der Waals surface area (Å²) in [5.41, 5.74) is 0. The third-order valence-electron chi connectivity index (χ3n) is 2.37. The Morgan fingerprint density at radius 1 is 1.41 bits per heavy atom. The molecule has 0 saturated heterocycles. The Morgan fingerprint density at radius 2 is 2.06 bits per heavy atom. The van der Waals surface area contributed by atoms with E-state index in [0.29, 0.717) is 23.1 Å². The van der Waals surface area contributed by atoms with Gasteiger partial charge in [0.25, 0.3) is 10.0 Å². The predicted octanol–water partition coefficient (Wildman–Crippen LogP) is 3.08. The number of thiophene rings is 1. The molecule has 0 fully saturated rings. The van der Waals surface area contributed by atoms with Gasteiger partial charge < -0.3 is 0 Å². The van der Waals surface area contributed by atoms with Crippen LogP contribution in [0.1, 0.15) is 25.1 Å². The number of aryl methyl sites for hydroxylation is 1. The van der Waals surface area contributed by atoms with Crippen LogP contribution in [0.2, 0.25) is 0 Å². The molecule has 1 rings (SSSR count). The maximum Gasteiger partial charge on any atom is 0.252 e. The Kier molecular flexibility index (Phi) is 5.44. The monoisotopic (exact) mass is 295 g/mol. The third kappa shape index (κ3) is 3.68. The lowest BCUT2D eigenvalue weighted by atomic mass is 10.4. The molecule has 0 spiro atoms. The van der Waals surface area contributed by atoms with Crippen LogP contribution in [0.5, 0.6) is 0 Å². The van der Waals surface area contributed by atoms with Crippen LogP contribution < -0.4 is 0 Å². The van der Waals surface area contributed by atoms with E-state index in [9.17, 15) is 8.42 Å². The van der Waals surface area contributed by atoms with E-state index < -0.39 is 10.0 Å². The van der Waals surface area contributed by atoms with Gasteiger partial charge in [0.05, 0.1) is 0 Å². The van der Waals surface area contributed by atoms with Crippen molar-refractivity contribution in [2.45, 2.75) is 37.4 Å². The number of hydrogen-bond acceptors (Lipinski definition) is 3. The molecule has 0 radical (unpaired) electrons. The Labute approximate surface area is 112 Å². The first-order valence-corrected chi connectivity index (χ1v) is 8.33. The molecule has 1 heterocycles. The summed E-state index contributed by atoms with van der Waals surface area (Å²) in [6.07, 6.45) is 0.670. The molecule has 0 bridgehead atoms. The molecule has 6 heteroatoms. The standard InChI is InChI=1S/C11H18ClNO2S2/c1-9(2)13(8-4-7-12)17(14,15)11-6-5-10(3)16-11/h5-6,9H,4,7-8H2,1-3H3. The number of hydrogen-bond donors (Lipinski definition) is 0. The highest BCUT2D eigenvalue weighted by Crippen LogP contribution is 2.25. The van der Waals surface area contributed by atoms with E-state index in [2.05, 4.69) is 0 Å². The first-order chi connectivity index (χ1) is 7.89. The first kappa shape index (κ1) is 15.0. The van der Waals surface area contributed by atoms with Crippen molar-refractivity contribution in [3.05, 3.63) is 17.0 Å². The van der Waals surface area contributed by atoms with Gasteiger partial charge in [-0.2, -0.15) is 4.31 Å². The smallest absolute Gasteiger partial charge is 0.206 e. The number of halogens is 1. The molecule has 0 unspecified atom stereocenters. The van der Waals surface area contributed by atoms with E-state index in [-0.39, 0.29) is 6.04 Å². The van der Waals surface area contributed by atoms with Crippen LogP contribution in [0.15, 0.2) is 16.3 Å². The van der Waals surface area contributed by atoms with Crippen molar-refractivity contribution in [1.82, 2.24) is 4.31 Å². The summed E-state index contributed by atoms with van der Waals surface area (Å²) in [4.78, 5) is 1.00. The molecular weight excluding hydrogens is 278 g/mol. The molecule has 0 atom stereocenters. The van der Waals surface area contributed by atoms with Crippen LogP contribution in [0.25, 0.3) is 0 Å². The van der Waals surface area contributed by atoms with Crippen molar-refractivity contribution in [3.63, 3.8) is 0 Å². The third-order valence-corrected chi connectivity index (χ3v) is 6.18. The van der Waals surface area contributed by atoms with E-state index in [0.717, 1.165) is 4.88 Å². The summed E-state index contributed by atoms with van der Waals surface area (Å²) in [7, 11) is -3.36. The van der Waals surface area contributed by atoms with Gasteiger partial charge in [-0.25, -0.2) is 8.42 Å². The van der Waals surface area contributed by atoms with Crippen molar-refractivity contribution in [2.75, 3.05) is 12.4 Å². The molecule has 0 aromatic carbocycles. The van der Waals surface area contributed by atoms with Crippen molar-refractivity contribution < 1.29 is 8.42 Å². The predicted molar refractivity (Wildman–Crippen MR) is 73.4 cm³/mol. The zero-order chi connectivity index (χ0) is 13.1. The summed E-state index contributed by atoms with van der Waals surface area (Å²) in [6.45, 7) is 6.14. The summed E-state index contributed by atoms with van der Waals surface area (Å²) >= 11 is 6.94. The van der Waals surface area contributed by atoms with Crippen LogP contribution in [0, 0.1) is 6.92 Å². The van der Waals surface area contributed by atoms with Crippen LogP contribution >= 0.6 is 22.9 Å². The fourth-order valence-corrected chi connectivity index (χ4v) is 4.75. The molecule has 3 nitrogen and oxygen atoms in total. The molecule has 1 aromatic rings. The fraction of sp³-hybridized carbons (Fsp3) is 0.636. The first-order valence-electron chi connectivity index (χ1n) is 5.54. The molecule has 0 N–H and O–H groups in total. The maximum atomic E-state index is 12.4. The minimum atomic E-state index is -3.36. The highest BCUT2D eigenvalue weighted by Gasteiger charge is 2.27. The number of alkyl halides is 1. The lowest BCUT2D eigenvalue weighted by Crippen LogP contribution is -2.37. The van der Waals surface area contributed by atoms with E-state index in [1.807, 2.05) is 26.8 Å². The molecule has 0 aliphatic carbocycles. The van der Waals surface area contributed by atoms with Crippen molar-refractivity contribution in [1.29, 1.82) is 0 Å². The van der Waals surface area contributed by atoms with Gasteiger partial charge in [-0.15, -0.1) is 22.9 Å². The zero-order valence-corrected chi connectivity index (χ0v) is 12.7. The number of nitrogens with zero attached hydrogens (tertiary/aromatic N) is 1. The molecule has 0 saturated carbocycles. The fourth-order valence-electron chi connectivity index (χ4n) is 1.54. The van der Waals surface area contributed by atoms with Gasteiger partial charge in [-0.05, 0) is 39.3 Å². The van der Waals surface area contributed by atoms with Crippen LogP contribution in [-0.2, 0) is 10.0 Å². The van der Waals surface area contributed by atoms with Crippen molar-refractivity contribution >= 4 is 33.0 Å². The maximum absolute atomic E-state index is 12.4. The Bertz CT molecular complexity index is 454. The summed E-state index contributed by atoms with van der Waals surface area (Å²) in [5.74, 6) is 0.474. The number of rotatable bonds is 6. The average molecular weight is 296 g/mol. The lowest BCUT2D eigenvalue weighted by molar-refractivity contribution is 0.355. The molecule has 17 heavy (non-hydrogen) atoms. The Balaban J connectivity index is 3.00. The molecule has 1 aromatic heterocycles. The Hall–Kier alpha value is -0.100. The van der Waals surface area contributed by atoms with Gasteiger partial charge in [0, 0.05) is 23.3 Å². The summed E-state index contributed by atoms with van der Waals surface area (Å²) in [5, 5.41) is 0. The second kappa shape index (κ2) is 6.18. The van der Waals surface area contributed by atoms with Gasteiger partial charge >= 0.3 is 0 Å². The highest BCUT2D eigenvalue weighted by atomic mass is 35.5. The van der Waals surface area contributed by atoms with Gasteiger partial charge in [-0.3, -0.25) is 0 Å². The van der Waals surface area contributed by atoms with Gasteiger partial charge in [-0.1, -0.05) is 0 Å². The van der Waals surface area contributed by atoms with Gasteiger partial charge in [0.2, 0.25) is 0 Å². The quantitative estimate of drug-likeness (QED) is 0.756. The highest BCUT2D eigenvalue weighted by molar-refractivity contribution is 7.91. The SMILES string of the molecule is Cc1ccc(S(=O)(=O)N(CCCCl)C(C)C)s1. The largest absolute Gasteiger partial charge is 0.252 e. The van der Waals surface area contributed by atoms with Gasteiger partial charge in [0.1, 0.15) is 4.21 Å². The lowest BCUT2D eigenvalue weighted by Gasteiger charge is -2.24. The van der Waals surface area contributed by atoms with E-state index in [4.69, 9.17) is 11.6 Å². The van der Waals surface area contributed by atoms with Gasteiger partial charge in [0.15, 0.2) is 0 Å². The molecule has 0 aliphatic rings. The summed E-state index contributed by atoms with van der Waals surface area (Å²) < 4.78 is 26.7. The van der Waals surface area contributed by atoms with E-state index >= 15 is 0 Å². The van der Waals surface area contributed by atoms with E-state index in [1.54, 1.807) is 6.07 Å². The minimum absolute atomic E-state index is 0.0503. The second-order valence-electron chi connectivity index (χ2n) is 4.12. The average Bonchev–Trinajstić information content (AvgIpc) is 2.65. The Morgan fingerprint density at radius 3 is 2.47 bits per heavy atom. The van der Waals surface area contributed by atoms with Crippen LogP contribution in [0.3, 0.4) is 0 Å². The normalized spacial score (nSPS) is 12.6.